The molecule has 0 aromatic carbocycles. The molecule has 0 aliphatic carbocycles. The summed E-state index contributed by atoms with van der Waals surface area (Å²) in [5.41, 5.74) is 0. The van der Waals surface area contributed by atoms with Gasteiger partial charge >= 0.3 is 16.5 Å². The van der Waals surface area contributed by atoms with Crippen LogP contribution in [0.4, 0.5) is 0 Å². The molecule has 0 aliphatic rings. The average Bonchev–Trinajstić information content (AvgIpc) is 2.38. The molecule has 0 saturated carbocycles. The maximum absolute atomic E-state index is 4.73. The number of aliphatic imine (C=N–C) groups is 1. The first-order valence-corrected chi connectivity index (χ1v) is 9.07. The van der Waals surface area contributed by atoms with Gasteiger partial charge in [0.2, 0.25) is 0 Å². The molecule has 0 saturated heterocycles. The Morgan fingerprint density at radius 1 is 1.00 bits per heavy atom. The maximum Gasteiger partial charge on any atom is 2.00 e. The third-order valence-corrected chi connectivity index (χ3v) is 3.12. The standard InChI is InChI=1S/2C7H15NS2.Ni/c2*1-2-3-4-5-6-8-7(9)10;/h2*2-6H2,1H3,(H2,8,9,10);/q;;+2/p-2. The van der Waals surface area contributed by atoms with Gasteiger partial charge in [0.1, 0.15) is 4.32 Å². The molecule has 0 unspecified atom stereocenters. The first-order chi connectivity index (χ1) is 9.54. The molecule has 1 N–H and O–H groups in total. The minimum Gasteiger partial charge on any atom is -0.789 e. The quantitative estimate of drug-likeness (QED) is 0.106. The van der Waals surface area contributed by atoms with Gasteiger partial charge in [-0.2, -0.15) is 0 Å². The molecule has 0 rings (SSSR count). The van der Waals surface area contributed by atoms with E-state index in [0.717, 1.165) is 19.5 Å². The fourth-order valence-electron chi connectivity index (χ4n) is 1.46. The molecule has 0 amide bonds. The molecule has 0 aromatic heterocycles. The average molecular weight is 411 g/mol. The van der Waals surface area contributed by atoms with Gasteiger partial charge in [0, 0.05) is 13.1 Å². The second-order valence-electron chi connectivity index (χ2n) is 4.50. The van der Waals surface area contributed by atoms with Gasteiger partial charge in [0.15, 0.2) is 0 Å². The number of nitrogens with zero attached hydrogens (tertiary/aromatic N) is 1. The van der Waals surface area contributed by atoms with Crippen LogP contribution in [-0.4, -0.2) is 21.8 Å². The van der Waals surface area contributed by atoms with E-state index in [1.807, 2.05) is 0 Å². The summed E-state index contributed by atoms with van der Waals surface area (Å²) < 4.78 is 0.980. The zero-order chi connectivity index (χ0) is 15.6. The predicted octanol–water partition coefficient (Wildman–Crippen LogP) is 4.39. The van der Waals surface area contributed by atoms with Crippen LogP contribution in [0.3, 0.4) is 0 Å². The fourth-order valence-corrected chi connectivity index (χ4v) is 1.85. The summed E-state index contributed by atoms with van der Waals surface area (Å²) in [7, 11) is 0. The van der Waals surface area contributed by atoms with Crippen molar-refractivity contribution in [1.29, 1.82) is 0 Å². The predicted molar refractivity (Wildman–Crippen MR) is 105 cm³/mol. The minimum atomic E-state index is 0. The number of rotatable bonds is 10. The molecule has 7 heteroatoms. The molecule has 0 bridgehead atoms. The van der Waals surface area contributed by atoms with Crippen LogP contribution in [0.25, 0.3) is 0 Å². The maximum atomic E-state index is 4.73. The summed E-state index contributed by atoms with van der Waals surface area (Å²) in [6, 6.07) is 0. The molecule has 128 valence electrons. The zero-order valence-corrected chi connectivity index (χ0v) is 17.3. The summed E-state index contributed by atoms with van der Waals surface area (Å²) in [5.74, 6) is 0. The van der Waals surface area contributed by atoms with E-state index in [-0.39, 0.29) is 16.5 Å². The molecule has 0 aromatic rings. The monoisotopic (exact) mass is 410 g/mol. The van der Waals surface area contributed by atoms with E-state index in [4.69, 9.17) is 12.2 Å². The van der Waals surface area contributed by atoms with Crippen LogP contribution >= 0.6 is 24.8 Å². The summed E-state index contributed by atoms with van der Waals surface area (Å²) in [5, 5.41) is 3.00. The van der Waals surface area contributed by atoms with Crippen molar-refractivity contribution in [2.75, 3.05) is 13.1 Å². The normalized spacial score (nSPS) is 8.90. The van der Waals surface area contributed by atoms with Gasteiger partial charge in [-0.25, -0.2) is 4.38 Å². The summed E-state index contributed by atoms with van der Waals surface area (Å²) in [6.45, 7) is 6.19. The van der Waals surface area contributed by atoms with Crippen LogP contribution in [0.1, 0.15) is 65.2 Å². The van der Waals surface area contributed by atoms with Gasteiger partial charge in [-0.15, -0.1) is 12.6 Å². The van der Waals surface area contributed by atoms with Crippen molar-refractivity contribution >= 4 is 58.8 Å². The minimum absolute atomic E-state index is 0. The Hall–Kier alpha value is 0.844. The van der Waals surface area contributed by atoms with Crippen LogP contribution in [0.15, 0.2) is 4.99 Å². The van der Waals surface area contributed by atoms with E-state index in [2.05, 4.69) is 62.0 Å². The molecule has 21 heavy (non-hydrogen) atoms. The largest absolute Gasteiger partial charge is 2.00 e. The fraction of sp³-hybridized carbons (Fsp3) is 0.857. The first-order valence-electron chi connectivity index (χ1n) is 7.39. The molecule has 2 nitrogen and oxygen atoms in total. The van der Waals surface area contributed by atoms with Crippen molar-refractivity contribution < 1.29 is 16.5 Å². The Kier molecular flexibility index (Phi) is 29.4. The third kappa shape index (κ3) is 33.6. The molecular weight excluding hydrogens is 383 g/mol. The topological polar surface area (TPSA) is 24.4 Å². The number of thiocarbonyl (C=S) groups is 1. The van der Waals surface area contributed by atoms with Crippen LogP contribution in [-0.2, 0) is 41.7 Å². The van der Waals surface area contributed by atoms with E-state index in [1.165, 1.54) is 44.9 Å². The Balaban J connectivity index is -0.000000295. The second kappa shape index (κ2) is 23.1. The van der Waals surface area contributed by atoms with Gasteiger partial charge in [0.05, 0.1) is 0 Å². The van der Waals surface area contributed by atoms with Crippen molar-refractivity contribution in [3.05, 3.63) is 0 Å². The molecule has 0 heterocycles. The smallest absolute Gasteiger partial charge is 0.789 e. The number of hydrogen-bond donors (Lipinski definition) is 2. The van der Waals surface area contributed by atoms with Crippen LogP contribution in [0, 0.1) is 0 Å². The number of hydrogen-bond acceptors (Lipinski definition) is 4. The van der Waals surface area contributed by atoms with Gasteiger partial charge in [-0.1, -0.05) is 64.6 Å². The van der Waals surface area contributed by atoms with Gasteiger partial charge in [-0.05, 0) is 12.8 Å². The van der Waals surface area contributed by atoms with Crippen molar-refractivity contribution in [1.82, 2.24) is 5.32 Å². The molecule has 0 atom stereocenters. The van der Waals surface area contributed by atoms with Crippen molar-refractivity contribution in [2.45, 2.75) is 65.2 Å². The molecule has 0 fully saturated rings. The van der Waals surface area contributed by atoms with Crippen LogP contribution in [0.5, 0.6) is 0 Å². The number of thiol groups is 1. The van der Waals surface area contributed by atoms with Gasteiger partial charge in [0.25, 0.3) is 0 Å². The molecular formula is C14H28N2NiS4. The van der Waals surface area contributed by atoms with Crippen molar-refractivity contribution in [3.63, 3.8) is 0 Å². The Bertz CT molecular complexity index is 247. The van der Waals surface area contributed by atoms with Crippen LogP contribution in [0.2, 0.25) is 0 Å². The number of unbranched alkanes of at least 4 members (excludes halogenated alkanes) is 6. The third-order valence-electron chi connectivity index (χ3n) is 2.56. The summed E-state index contributed by atoms with van der Waals surface area (Å²) in [6.07, 6.45) is 10.0. The molecule has 0 radical (unpaired) electrons. The van der Waals surface area contributed by atoms with E-state index in [1.54, 1.807) is 0 Å². The Morgan fingerprint density at radius 2 is 1.52 bits per heavy atom. The molecule has 0 aliphatic heterocycles. The summed E-state index contributed by atoms with van der Waals surface area (Å²) in [4.78, 5) is 3.94. The second-order valence-corrected chi connectivity index (χ2v) is 6.69. The van der Waals surface area contributed by atoms with Gasteiger partial charge in [-0.3, -0.25) is 0 Å². The van der Waals surface area contributed by atoms with Crippen molar-refractivity contribution in [2.24, 2.45) is 4.99 Å². The zero-order valence-electron chi connectivity index (χ0n) is 13.0. The first kappa shape index (κ1) is 26.7. The van der Waals surface area contributed by atoms with Gasteiger partial charge < -0.3 is 35.6 Å². The van der Waals surface area contributed by atoms with E-state index < -0.39 is 0 Å². The summed E-state index contributed by atoms with van der Waals surface area (Å²) >= 11 is 17.9. The Labute approximate surface area is 163 Å². The van der Waals surface area contributed by atoms with Crippen molar-refractivity contribution in [3.8, 4) is 0 Å². The molecule has 0 spiro atoms. The van der Waals surface area contributed by atoms with E-state index in [9.17, 15) is 0 Å². The number of nitrogens with one attached hydrogen (secondary N) is 1. The van der Waals surface area contributed by atoms with Crippen LogP contribution < -0.4 is 5.32 Å². The Morgan fingerprint density at radius 3 is 1.95 bits per heavy atom. The van der Waals surface area contributed by atoms with E-state index in [0.29, 0.717) is 8.70 Å². The van der Waals surface area contributed by atoms with E-state index >= 15 is 0 Å². The SMILES string of the molecule is CCCCCCN=C([S-])[S-].CCCCCCNC(=S)S.[Ni+2].